The third kappa shape index (κ3) is 4.19. The van der Waals surface area contributed by atoms with Crippen molar-refractivity contribution >= 4 is 62.3 Å². The van der Waals surface area contributed by atoms with Crippen LogP contribution in [0.15, 0.2) is 22.7 Å². The summed E-state index contributed by atoms with van der Waals surface area (Å²) in [4.78, 5) is 11.3. The maximum atomic E-state index is 12.7. The lowest BCUT2D eigenvalue weighted by atomic mass is 10.1. The first kappa shape index (κ1) is 15.9. The molecule has 0 aromatic heterocycles. The summed E-state index contributed by atoms with van der Waals surface area (Å²) in [5.74, 6) is -1.17. The minimum Gasteiger partial charge on any atom is -0.322 e. The number of carbonyl (C=O) groups is 1. The monoisotopic (exact) mass is 383 g/mol. The van der Waals surface area contributed by atoms with Gasteiger partial charge in [0.25, 0.3) is 9.70 Å². The third-order valence-corrected chi connectivity index (χ3v) is 2.80. The highest BCUT2D eigenvalue weighted by Gasteiger charge is 2.36. The molecule has 0 aliphatic rings. The van der Waals surface area contributed by atoms with Crippen LogP contribution in [-0.2, 0) is 11.0 Å². The molecule has 0 heterocycles. The molecule has 0 spiro atoms. The first-order valence-electron chi connectivity index (χ1n) is 4.27. The summed E-state index contributed by atoms with van der Waals surface area (Å²) < 4.78 is 36.0. The van der Waals surface area contributed by atoms with E-state index in [-0.39, 0.29) is 4.47 Å². The molecule has 1 amide bonds. The van der Waals surface area contributed by atoms with Crippen LogP contribution in [-0.4, -0.2) is 9.70 Å². The van der Waals surface area contributed by atoms with Gasteiger partial charge in [-0.1, -0.05) is 50.7 Å². The molecule has 0 aliphatic heterocycles. The van der Waals surface area contributed by atoms with Gasteiger partial charge in [0.15, 0.2) is 0 Å². The lowest BCUT2D eigenvalue weighted by molar-refractivity contribution is -0.137. The standard InChI is InChI=1S/C9H4BrCl3F3NO/c10-4-1-2-6(5(3-4)9(14,15)16)17-7(18)8(11,12)13/h1-3H,(H,17,18). The predicted molar refractivity (Wildman–Crippen MR) is 68.1 cm³/mol. The molecule has 1 aromatic rings. The summed E-state index contributed by atoms with van der Waals surface area (Å²) in [7, 11) is 0. The van der Waals surface area contributed by atoms with E-state index in [9.17, 15) is 18.0 Å². The first-order valence-corrected chi connectivity index (χ1v) is 6.19. The molecule has 1 aromatic carbocycles. The molecule has 18 heavy (non-hydrogen) atoms. The SMILES string of the molecule is O=C(Nc1ccc(Br)cc1C(F)(F)F)C(Cl)(Cl)Cl. The summed E-state index contributed by atoms with van der Waals surface area (Å²) >= 11 is 18.7. The van der Waals surface area contributed by atoms with Gasteiger partial charge in [-0.3, -0.25) is 4.79 Å². The normalized spacial score (nSPS) is 12.4. The van der Waals surface area contributed by atoms with E-state index in [0.29, 0.717) is 0 Å². The van der Waals surface area contributed by atoms with Gasteiger partial charge in [0.2, 0.25) is 0 Å². The number of alkyl halides is 6. The van der Waals surface area contributed by atoms with Crippen molar-refractivity contribution in [1.29, 1.82) is 0 Å². The Labute approximate surface area is 124 Å². The van der Waals surface area contributed by atoms with Gasteiger partial charge in [0.1, 0.15) is 0 Å². The van der Waals surface area contributed by atoms with E-state index in [1.807, 2.05) is 5.32 Å². The van der Waals surface area contributed by atoms with Gasteiger partial charge >= 0.3 is 6.18 Å². The fourth-order valence-electron chi connectivity index (χ4n) is 1.05. The van der Waals surface area contributed by atoms with Crippen molar-refractivity contribution < 1.29 is 18.0 Å². The van der Waals surface area contributed by atoms with Crippen molar-refractivity contribution in [2.24, 2.45) is 0 Å². The average molecular weight is 385 g/mol. The molecule has 2 nitrogen and oxygen atoms in total. The number of amides is 1. The van der Waals surface area contributed by atoms with Crippen molar-refractivity contribution in [3.8, 4) is 0 Å². The van der Waals surface area contributed by atoms with Crippen molar-refractivity contribution in [3.05, 3.63) is 28.2 Å². The summed E-state index contributed by atoms with van der Waals surface area (Å²) in [5, 5.41) is 1.91. The second-order valence-corrected chi connectivity index (χ2v) is 6.34. The molecule has 9 heteroatoms. The number of nitrogens with one attached hydrogen (secondary N) is 1. The number of benzene rings is 1. The second kappa shape index (κ2) is 5.45. The zero-order valence-electron chi connectivity index (χ0n) is 8.29. The Balaban J connectivity index is 3.14. The Hall–Kier alpha value is -0.170. The van der Waals surface area contributed by atoms with Crippen molar-refractivity contribution in [1.82, 2.24) is 0 Å². The highest BCUT2D eigenvalue weighted by molar-refractivity contribution is 9.10. The molecular weight excluding hydrogens is 381 g/mol. The lowest BCUT2D eigenvalue weighted by Crippen LogP contribution is -2.28. The molecule has 0 atom stereocenters. The zero-order chi connectivity index (χ0) is 14.1. The Morgan fingerprint density at radius 2 is 1.78 bits per heavy atom. The average Bonchev–Trinajstić information content (AvgIpc) is 2.17. The van der Waals surface area contributed by atoms with Gasteiger partial charge in [-0.25, -0.2) is 0 Å². The smallest absolute Gasteiger partial charge is 0.322 e. The van der Waals surface area contributed by atoms with Crippen LogP contribution in [0.3, 0.4) is 0 Å². The fourth-order valence-corrected chi connectivity index (χ4v) is 1.56. The van der Waals surface area contributed by atoms with Gasteiger partial charge in [0.05, 0.1) is 11.3 Å². The molecule has 0 bridgehead atoms. The van der Waals surface area contributed by atoms with Crippen molar-refractivity contribution in [2.45, 2.75) is 9.97 Å². The summed E-state index contributed by atoms with van der Waals surface area (Å²) in [6, 6.07) is 3.19. The molecule has 0 saturated heterocycles. The molecule has 0 unspecified atom stereocenters. The largest absolute Gasteiger partial charge is 0.418 e. The maximum absolute atomic E-state index is 12.7. The van der Waals surface area contributed by atoms with E-state index in [0.717, 1.165) is 12.1 Å². The third-order valence-electron chi connectivity index (χ3n) is 1.79. The zero-order valence-corrected chi connectivity index (χ0v) is 12.1. The summed E-state index contributed by atoms with van der Waals surface area (Å²) in [6.07, 6.45) is -4.64. The molecule has 1 rings (SSSR count). The molecule has 0 fully saturated rings. The van der Waals surface area contributed by atoms with Crippen molar-refractivity contribution in [3.63, 3.8) is 0 Å². The highest BCUT2D eigenvalue weighted by atomic mass is 79.9. The Morgan fingerprint density at radius 3 is 2.22 bits per heavy atom. The van der Waals surface area contributed by atoms with E-state index in [2.05, 4.69) is 15.9 Å². The van der Waals surface area contributed by atoms with Crippen molar-refractivity contribution in [2.75, 3.05) is 5.32 Å². The molecular formula is C9H4BrCl3F3NO. The summed E-state index contributed by atoms with van der Waals surface area (Å²) in [6.45, 7) is 0. The van der Waals surface area contributed by atoms with E-state index in [1.54, 1.807) is 0 Å². The minimum absolute atomic E-state index is 0.210. The van der Waals surface area contributed by atoms with Crippen LogP contribution in [0.1, 0.15) is 5.56 Å². The van der Waals surface area contributed by atoms with Crippen LogP contribution >= 0.6 is 50.7 Å². The van der Waals surface area contributed by atoms with Gasteiger partial charge in [-0.2, -0.15) is 13.2 Å². The van der Waals surface area contributed by atoms with Gasteiger partial charge < -0.3 is 5.32 Å². The van der Waals surface area contributed by atoms with E-state index in [1.165, 1.54) is 6.07 Å². The van der Waals surface area contributed by atoms with Crippen LogP contribution in [0.2, 0.25) is 0 Å². The lowest BCUT2D eigenvalue weighted by Gasteiger charge is -2.16. The van der Waals surface area contributed by atoms with Gasteiger partial charge in [-0.05, 0) is 18.2 Å². The molecule has 1 N–H and O–H groups in total. The van der Waals surface area contributed by atoms with E-state index < -0.39 is 27.1 Å². The molecule has 100 valence electrons. The number of halogens is 7. The van der Waals surface area contributed by atoms with Crippen LogP contribution in [0, 0.1) is 0 Å². The van der Waals surface area contributed by atoms with Gasteiger partial charge in [0, 0.05) is 4.47 Å². The van der Waals surface area contributed by atoms with Crippen LogP contribution in [0.25, 0.3) is 0 Å². The minimum atomic E-state index is -4.64. The Morgan fingerprint density at radius 1 is 1.22 bits per heavy atom. The molecule has 0 radical (unpaired) electrons. The number of anilines is 1. The molecule has 0 aliphatic carbocycles. The van der Waals surface area contributed by atoms with E-state index >= 15 is 0 Å². The van der Waals surface area contributed by atoms with Crippen LogP contribution < -0.4 is 5.32 Å². The van der Waals surface area contributed by atoms with E-state index in [4.69, 9.17) is 34.8 Å². The number of hydrogen-bond acceptors (Lipinski definition) is 1. The molecule has 0 saturated carbocycles. The van der Waals surface area contributed by atoms with Crippen LogP contribution in [0.5, 0.6) is 0 Å². The second-order valence-electron chi connectivity index (χ2n) is 3.14. The quantitative estimate of drug-likeness (QED) is 0.693. The topological polar surface area (TPSA) is 29.1 Å². The Kier molecular flexibility index (Phi) is 4.81. The predicted octanol–water partition coefficient (Wildman–Crippen LogP) is 4.78. The highest BCUT2D eigenvalue weighted by Crippen LogP contribution is 2.37. The number of hydrogen-bond donors (Lipinski definition) is 1. The number of rotatable bonds is 1. The first-order chi connectivity index (χ1) is 8.01. The van der Waals surface area contributed by atoms with Gasteiger partial charge in [-0.15, -0.1) is 0 Å². The Bertz CT molecular complexity index is 473. The summed E-state index contributed by atoms with van der Waals surface area (Å²) in [5.41, 5.74) is -1.53. The maximum Gasteiger partial charge on any atom is 0.418 e. The van der Waals surface area contributed by atoms with Crippen LogP contribution in [0.4, 0.5) is 18.9 Å². The number of carbonyl (C=O) groups excluding carboxylic acids is 1. The fraction of sp³-hybridized carbons (Fsp3) is 0.222.